The molecule has 152 valence electrons. The van der Waals surface area contributed by atoms with E-state index < -0.39 is 11.6 Å². The van der Waals surface area contributed by atoms with Gasteiger partial charge >= 0.3 is 0 Å². The molecule has 0 amide bonds. The molecule has 0 aliphatic carbocycles. The number of nitrogens with two attached hydrogens (primary N) is 1. The fraction of sp³-hybridized carbons (Fsp3) is 0.200. The standard InChI is InChI=1S/C20H17F2N7S/c21-14-3-1-2-13(18(14)22)20-26-27-28-29(20)15-8-12(10-25-19(15)23)17-9-11-4-6-24-7-5-16(11)30-17/h1-3,8-10,24H,4-7H2,(H2,23,25). The lowest BCUT2D eigenvalue weighted by molar-refractivity contribution is 0.510. The van der Waals surface area contributed by atoms with Gasteiger partial charge in [0.15, 0.2) is 17.5 Å². The van der Waals surface area contributed by atoms with E-state index in [1.54, 1.807) is 17.5 Å². The van der Waals surface area contributed by atoms with Crippen molar-refractivity contribution >= 4 is 17.2 Å². The van der Waals surface area contributed by atoms with Gasteiger partial charge in [-0.05, 0) is 66.2 Å². The molecule has 4 heterocycles. The second kappa shape index (κ2) is 7.54. The molecule has 7 nitrogen and oxygen atoms in total. The Bertz CT molecular complexity index is 1210. The molecule has 5 rings (SSSR count). The Balaban J connectivity index is 1.59. The first-order valence-electron chi connectivity index (χ1n) is 9.43. The number of hydrogen-bond donors (Lipinski definition) is 2. The molecule has 0 fully saturated rings. The largest absolute Gasteiger partial charge is 0.382 e. The molecule has 3 aromatic heterocycles. The van der Waals surface area contributed by atoms with Gasteiger partial charge < -0.3 is 11.1 Å². The summed E-state index contributed by atoms with van der Waals surface area (Å²) in [5, 5.41) is 14.9. The van der Waals surface area contributed by atoms with E-state index >= 15 is 0 Å². The third kappa shape index (κ3) is 3.23. The van der Waals surface area contributed by atoms with Gasteiger partial charge in [0.2, 0.25) is 0 Å². The van der Waals surface area contributed by atoms with Crippen LogP contribution in [0.2, 0.25) is 0 Å². The van der Waals surface area contributed by atoms with Gasteiger partial charge in [-0.3, -0.25) is 0 Å². The SMILES string of the molecule is Nc1ncc(-c2cc3c(s2)CCNCC3)cc1-n1nnnc1-c1cccc(F)c1F. The first-order chi connectivity index (χ1) is 14.6. The number of pyridine rings is 1. The van der Waals surface area contributed by atoms with Crippen LogP contribution in [-0.2, 0) is 12.8 Å². The molecule has 1 aromatic carbocycles. The summed E-state index contributed by atoms with van der Waals surface area (Å²) < 4.78 is 29.3. The lowest BCUT2D eigenvalue weighted by Crippen LogP contribution is -2.16. The monoisotopic (exact) mass is 425 g/mol. The normalized spacial score (nSPS) is 13.8. The summed E-state index contributed by atoms with van der Waals surface area (Å²) in [6, 6.07) is 7.86. The van der Waals surface area contributed by atoms with Crippen molar-refractivity contribution in [1.29, 1.82) is 0 Å². The highest BCUT2D eigenvalue weighted by atomic mass is 32.1. The molecule has 0 atom stereocenters. The smallest absolute Gasteiger partial charge is 0.190 e. The topological polar surface area (TPSA) is 94.5 Å². The number of hydrogen-bond acceptors (Lipinski definition) is 7. The fourth-order valence-electron chi connectivity index (χ4n) is 3.54. The van der Waals surface area contributed by atoms with E-state index in [2.05, 4.69) is 31.9 Å². The number of fused-ring (bicyclic) bond motifs is 1. The lowest BCUT2D eigenvalue weighted by Gasteiger charge is -2.09. The van der Waals surface area contributed by atoms with Crippen LogP contribution >= 0.6 is 11.3 Å². The molecule has 0 spiro atoms. The third-order valence-electron chi connectivity index (χ3n) is 5.07. The van der Waals surface area contributed by atoms with Crippen LogP contribution in [0.1, 0.15) is 10.4 Å². The number of benzene rings is 1. The van der Waals surface area contributed by atoms with Crippen molar-refractivity contribution in [2.24, 2.45) is 0 Å². The number of aromatic nitrogens is 5. The highest BCUT2D eigenvalue weighted by Crippen LogP contribution is 2.35. The summed E-state index contributed by atoms with van der Waals surface area (Å²) in [4.78, 5) is 6.73. The van der Waals surface area contributed by atoms with Crippen LogP contribution in [0.25, 0.3) is 27.5 Å². The number of nitrogens with zero attached hydrogens (tertiary/aromatic N) is 5. The minimum atomic E-state index is -1.02. The molecule has 1 aliphatic heterocycles. The highest BCUT2D eigenvalue weighted by Gasteiger charge is 2.20. The van der Waals surface area contributed by atoms with E-state index in [1.165, 1.54) is 27.3 Å². The number of halogens is 2. The van der Waals surface area contributed by atoms with E-state index in [0.717, 1.165) is 42.4 Å². The maximum atomic E-state index is 14.3. The summed E-state index contributed by atoms with van der Waals surface area (Å²) in [6.07, 6.45) is 3.68. The van der Waals surface area contributed by atoms with Crippen molar-refractivity contribution in [2.45, 2.75) is 12.8 Å². The Hall–Kier alpha value is -3.24. The second-order valence-corrected chi connectivity index (χ2v) is 8.09. The van der Waals surface area contributed by atoms with Gasteiger partial charge in [-0.25, -0.2) is 13.8 Å². The van der Waals surface area contributed by atoms with Crippen molar-refractivity contribution < 1.29 is 8.78 Å². The van der Waals surface area contributed by atoms with E-state index in [9.17, 15) is 8.78 Å². The Morgan fingerprint density at radius 1 is 1.13 bits per heavy atom. The van der Waals surface area contributed by atoms with Crippen LogP contribution in [0.15, 0.2) is 36.5 Å². The molecule has 10 heteroatoms. The number of thiophene rings is 1. The third-order valence-corrected chi connectivity index (χ3v) is 6.35. The first-order valence-corrected chi connectivity index (χ1v) is 10.2. The number of nitrogen functional groups attached to an aromatic ring is 1. The van der Waals surface area contributed by atoms with Crippen molar-refractivity contribution in [2.75, 3.05) is 18.8 Å². The summed E-state index contributed by atoms with van der Waals surface area (Å²) in [5.74, 6) is -1.76. The maximum absolute atomic E-state index is 14.3. The van der Waals surface area contributed by atoms with Crippen LogP contribution in [0, 0.1) is 11.6 Å². The zero-order chi connectivity index (χ0) is 20.7. The van der Waals surface area contributed by atoms with Gasteiger partial charge in [0.25, 0.3) is 0 Å². The van der Waals surface area contributed by atoms with Gasteiger partial charge in [0.05, 0.1) is 5.56 Å². The molecule has 3 N–H and O–H groups in total. The van der Waals surface area contributed by atoms with Crippen LogP contribution in [0.4, 0.5) is 14.6 Å². The van der Waals surface area contributed by atoms with Crippen LogP contribution in [-0.4, -0.2) is 38.3 Å². The molecule has 0 radical (unpaired) electrons. The van der Waals surface area contributed by atoms with Gasteiger partial charge in [-0.15, -0.1) is 16.4 Å². The van der Waals surface area contributed by atoms with E-state index in [0.29, 0.717) is 5.69 Å². The highest BCUT2D eigenvalue weighted by molar-refractivity contribution is 7.15. The zero-order valence-corrected chi connectivity index (χ0v) is 16.6. The second-order valence-electron chi connectivity index (χ2n) is 6.95. The van der Waals surface area contributed by atoms with Gasteiger partial charge in [0.1, 0.15) is 11.5 Å². The summed E-state index contributed by atoms with van der Waals surface area (Å²) in [7, 11) is 0. The molecule has 1 aliphatic rings. The minimum Gasteiger partial charge on any atom is -0.382 e. The van der Waals surface area contributed by atoms with Crippen molar-refractivity contribution in [3.05, 3.63) is 58.6 Å². The van der Waals surface area contributed by atoms with Crippen molar-refractivity contribution in [3.63, 3.8) is 0 Å². The minimum absolute atomic E-state index is 0.0469. The zero-order valence-electron chi connectivity index (χ0n) is 15.8. The molecule has 30 heavy (non-hydrogen) atoms. The van der Waals surface area contributed by atoms with E-state index in [4.69, 9.17) is 5.73 Å². The molecule has 4 aromatic rings. The van der Waals surface area contributed by atoms with Crippen LogP contribution in [0.5, 0.6) is 0 Å². The maximum Gasteiger partial charge on any atom is 0.190 e. The molecule has 0 bridgehead atoms. The van der Waals surface area contributed by atoms with Crippen LogP contribution < -0.4 is 11.1 Å². The fourth-order valence-corrected chi connectivity index (χ4v) is 4.74. The number of anilines is 1. The Morgan fingerprint density at radius 3 is 2.90 bits per heavy atom. The predicted molar refractivity (Wildman–Crippen MR) is 110 cm³/mol. The average molecular weight is 425 g/mol. The number of rotatable bonds is 3. The Labute approximate surface area is 174 Å². The molecule has 0 unspecified atom stereocenters. The number of nitrogens with one attached hydrogen (secondary N) is 1. The average Bonchev–Trinajstić information content (AvgIpc) is 3.33. The van der Waals surface area contributed by atoms with Gasteiger partial charge in [0, 0.05) is 21.5 Å². The van der Waals surface area contributed by atoms with E-state index in [1.807, 2.05) is 6.07 Å². The Kier molecular flexibility index (Phi) is 4.72. The molecule has 0 saturated heterocycles. The summed E-state index contributed by atoms with van der Waals surface area (Å²) in [6.45, 7) is 1.92. The van der Waals surface area contributed by atoms with Crippen LogP contribution in [0.3, 0.4) is 0 Å². The lowest BCUT2D eigenvalue weighted by atomic mass is 10.1. The molecule has 0 saturated carbocycles. The van der Waals surface area contributed by atoms with Crippen molar-refractivity contribution in [1.82, 2.24) is 30.5 Å². The molecular formula is C20H17F2N7S. The predicted octanol–water partition coefficient (Wildman–Crippen LogP) is 3.00. The van der Waals surface area contributed by atoms with Gasteiger partial charge in [-0.2, -0.15) is 4.68 Å². The van der Waals surface area contributed by atoms with Crippen molar-refractivity contribution in [3.8, 4) is 27.5 Å². The summed E-state index contributed by atoms with van der Waals surface area (Å²) in [5.41, 5.74) is 8.64. The number of tetrazole rings is 1. The first kappa shape index (κ1) is 18.8. The van der Waals surface area contributed by atoms with E-state index in [-0.39, 0.29) is 17.2 Å². The molecular weight excluding hydrogens is 408 g/mol. The quantitative estimate of drug-likeness (QED) is 0.524. The van der Waals surface area contributed by atoms with Gasteiger partial charge in [-0.1, -0.05) is 6.07 Å². The Morgan fingerprint density at radius 2 is 2.00 bits per heavy atom. The summed E-state index contributed by atoms with van der Waals surface area (Å²) >= 11 is 1.73.